The molecule has 0 saturated carbocycles. The van der Waals surface area contributed by atoms with Crippen LogP contribution in [0.15, 0.2) is 27.2 Å². The van der Waals surface area contributed by atoms with E-state index in [4.69, 9.17) is 16.0 Å². The van der Waals surface area contributed by atoms with Crippen molar-refractivity contribution in [2.45, 2.75) is 26.7 Å². The highest BCUT2D eigenvalue weighted by Gasteiger charge is 2.31. The number of amides is 2. The van der Waals surface area contributed by atoms with Crippen LogP contribution in [0, 0.1) is 19.8 Å². The molecule has 1 atom stereocenters. The molecule has 6 nitrogen and oxygen atoms in total. The zero-order chi connectivity index (χ0) is 18.8. The van der Waals surface area contributed by atoms with E-state index in [2.05, 4.69) is 26.2 Å². The van der Waals surface area contributed by atoms with Crippen LogP contribution >= 0.6 is 27.5 Å². The smallest absolute Gasteiger partial charge is 0.258 e. The molecule has 1 fully saturated rings. The number of hydrogen-bond acceptors (Lipinski definition) is 4. The van der Waals surface area contributed by atoms with Gasteiger partial charge >= 0.3 is 0 Å². The summed E-state index contributed by atoms with van der Waals surface area (Å²) < 4.78 is 6.21. The number of hydrogen-bond donors (Lipinski definition) is 1. The molecule has 0 spiro atoms. The van der Waals surface area contributed by atoms with Crippen LogP contribution < -0.4 is 5.32 Å². The van der Waals surface area contributed by atoms with Gasteiger partial charge in [0.15, 0.2) is 0 Å². The van der Waals surface area contributed by atoms with E-state index in [0.717, 1.165) is 12.8 Å². The first-order valence-corrected chi connectivity index (χ1v) is 9.51. The summed E-state index contributed by atoms with van der Waals surface area (Å²) in [6, 6.07) is 3.32. The minimum absolute atomic E-state index is 0.117. The normalized spacial score (nSPS) is 17.2. The summed E-state index contributed by atoms with van der Waals surface area (Å²) in [5.41, 5.74) is 0.530. The van der Waals surface area contributed by atoms with Crippen LogP contribution in [-0.4, -0.2) is 34.8 Å². The molecule has 2 amide bonds. The molecular formula is C18H19BrClN3O3. The monoisotopic (exact) mass is 439 g/mol. The van der Waals surface area contributed by atoms with Gasteiger partial charge in [0.05, 0.1) is 21.0 Å². The summed E-state index contributed by atoms with van der Waals surface area (Å²) >= 11 is 9.23. The van der Waals surface area contributed by atoms with E-state index < -0.39 is 0 Å². The number of carbonyl (C=O) groups is 2. The van der Waals surface area contributed by atoms with Crippen molar-refractivity contribution in [2.75, 3.05) is 18.4 Å². The van der Waals surface area contributed by atoms with Gasteiger partial charge in [-0.25, -0.2) is 4.98 Å². The van der Waals surface area contributed by atoms with Gasteiger partial charge in [0, 0.05) is 19.3 Å². The number of aryl methyl sites for hydroxylation is 2. The van der Waals surface area contributed by atoms with Crippen LogP contribution in [0.4, 0.5) is 5.82 Å². The van der Waals surface area contributed by atoms with E-state index in [1.54, 1.807) is 30.9 Å². The fourth-order valence-electron chi connectivity index (χ4n) is 3.11. The lowest BCUT2D eigenvalue weighted by Crippen LogP contribution is -2.44. The summed E-state index contributed by atoms with van der Waals surface area (Å²) in [4.78, 5) is 31.2. The van der Waals surface area contributed by atoms with E-state index in [-0.39, 0.29) is 17.7 Å². The third-order valence-corrected chi connectivity index (χ3v) is 5.64. The van der Waals surface area contributed by atoms with Crippen LogP contribution in [0.1, 0.15) is 34.7 Å². The number of carbonyl (C=O) groups excluding carboxylic acids is 2. The average Bonchev–Trinajstić information content (AvgIpc) is 2.88. The molecule has 0 radical (unpaired) electrons. The molecule has 0 aliphatic carbocycles. The van der Waals surface area contributed by atoms with Gasteiger partial charge in [-0.05, 0) is 54.8 Å². The Kier molecular flexibility index (Phi) is 5.67. The number of nitrogens with zero attached hydrogens (tertiary/aromatic N) is 2. The largest absolute Gasteiger partial charge is 0.465 e. The first kappa shape index (κ1) is 18.9. The van der Waals surface area contributed by atoms with Crippen molar-refractivity contribution >= 4 is 45.2 Å². The van der Waals surface area contributed by atoms with Gasteiger partial charge in [0.25, 0.3) is 5.91 Å². The highest BCUT2D eigenvalue weighted by Crippen LogP contribution is 2.30. The predicted octanol–water partition coefficient (Wildman–Crippen LogP) is 4.20. The van der Waals surface area contributed by atoms with Gasteiger partial charge in [0.1, 0.15) is 17.3 Å². The highest BCUT2D eigenvalue weighted by atomic mass is 79.9. The molecular weight excluding hydrogens is 422 g/mol. The standard InChI is InChI=1S/C18H19BrClN3O3/c1-10-15(16(19)11(2)26-10)18(25)23-7-3-4-12(9-23)17(24)22-14-6-5-13(20)8-21-14/h5-6,8,12H,3-4,7,9H2,1-2H3,(H,21,22,24). The lowest BCUT2D eigenvalue weighted by atomic mass is 9.96. The molecule has 3 rings (SSSR count). The van der Waals surface area contributed by atoms with E-state index >= 15 is 0 Å². The van der Waals surface area contributed by atoms with E-state index in [1.165, 1.54) is 6.20 Å². The number of halogens is 2. The van der Waals surface area contributed by atoms with Gasteiger partial charge < -0.3 is 14.6 Å². The second-order valence-corrected chi connectivity index (χ2v) is 7.57. The maximum Gasteiger partial charge on any atom is 0.258 e. The lowest BCUT2D eigenvalue weighted by molar-refractivity contribution is -0.121. The van der Waals surface area contributed by atoms with Crippen molar-refractivity contribution in [3.8, 4) is 0 Å². The van der Waals surface area contributed by atoms with Crippen molar-refractivity contribution in [2.24, 2.45) is 5.92 Å². The Bertz CT molecular complexity index is 835. The van der Waals surface area contributed by atoms with Crippen LogP contribution in [0.2, 0.25) is 5.02 Å². The molecule has 26 heavy (non-hydrogen) atoms. The van der Waals surface area contributed by atoms with Crippen LogP contribution in [0.25, 0.3) is 0 Å². The molecule has 3 heterocycles. The van der Waals surface area contributed by atoms with Crippen LogP contribution in [-0.2, 0) is 4.79 Å². The Morgan fingerprint density at radius 1 is 1.35 bits per heavy atom. The first-order valence-electron chi connectivity index (χ1n) is 8.34. The Morgan fingerprint density at radius 3 is 2.73 bits per heavy atom. The first-order chi connectivity index (χ1) is 12.4. The number of nitrogens with one attached hydrogen (secondary N) is 1. The molecule has 2 aromatic rings. The summed E-state index contributed by atoms with van der Waals surface area (Å²) in [7, 11) is 0. The minimum atomic E-state index is -0.280. The van der Waals surface area contributed by atoms with Gasteiger partial charge in [-0.1, -0.05) is 11.6 Å². The fraction of sp³-hybridized carbons (Fsp3) is 0.389. The summed E-state index contributed by atoms with van der Waals surface area (Å²) in [6.07, 6.45) is 2.98. The number of anilines is 1. The van der Waals surface area contributed by atoms with Gasteiger partial charge in [-0.2, -0.15) is 0 Å². The number of piperidine rings is 1. The van der Waals surface area contributed by atoms with Crippen LogP contribution in [0.5, 0.6) is 0 Å². The molecule has 1 aliphatic rings. The van der Waals surface area contributed by atoms with Gasteiger partial charge in [0.2, 0.25) is 5.91 Å². The van der Waals surface area contributed by atoms with Crippen molar-refractivity contribution < 1.29 is 14.0 Å². The molecule has 0 bridgehead atoms. The third kappa shape index (κ3) is 3.94. The van der Waals surface area contributed by atoms with E-state index in [1.807, 2.05) is 0 Å². The maximum absolute atomic E-state index is 12.9. The fourth-order valence-corrected chi connectivity index (χ4v) is 3.75. The van der Waals surface area contributed by atoms with Crippen LogP contribution in [0.3, 0.4) is 0 Å². The molecule has 138 valence electrons. The Hall–Kier alpha value is -1.86. The predicted molar refractivity (Wildman–Crippen MR) is 102 cm³/mol. The maximum atomic E-state index is 12.9. The van der Waals surface area contributed by atoms with E-state index in [0.29, 0.717) is 45.5 Å². The number of furan rings is 1. The topological polar surface area (TPSA) is 75.4 Å². The van der Waals surface area contributed by atoms with Gasteiger partial charge in [-0.3, -0.25) is 9.59 Å². The third-order valence-electron chi connectivity index (χ3n) is 4.46. The highest BCUT2D eigenvalue weighted by molar-refractivity contribution is 9.10. The Balaban J connectivity index is 1.69. The molecule has 1 saturated heterocycles. The Labute approximate surface area is 165 Å². The zero-order valence-electron chi connectivity index (χ0n) is 14.5. The number of likely N-dealkylation sites (tertiary alicyclic amines) is 1. The van der Waals surface area contributed by atoms with Gasteiger partial charge in [-0.15, -0.1) is 0 Å². The summed E-state index contributed by atoms with van der Waals surface area (Å²) in [5, 5.41) is 3.30. The number of aromatic nitrogens is 1. The second-order valence-electron chi connectivity index (χ2n) is 6.34. The SMILES string of the molecule is Cc1oc(C)c(C(=O)N2CCCC(C(=O)Nc3ccc(Cl)cn3)C2)c1Br. The molecule has 8 heteroatoms. The molecule has 1 N–H and O–H groups in total. The second kappa shape index (κ2) is 7.80. The molecule has 1 unspecified atom stereocenters. The Morgan fingerprint density at radius 2 is 2.12 bits per heavy atom. The summed E-state index contributed by atoms with van der Waals surface area (Å²) in [6.45, 7) is 4.57. The lowest BCUT2D eigenvalue weighted by Gasteiger charge is -2.32. The van der Waals surface area contributed by atoms with Crippen molar-refractivity contribution in [3.63, 3.8) is 0 Å². The number of pyridine rings is 1. The van der Waals surface area contributed by atoms with Crippen molar-refractivity contribution in [3.05, 3.63) is 44.9 Å². The molecule has 0 aromatic carbocycles. The number of rotatable bonds is 3. The molecule has 2 aromatic heterocycles. The zero-order valence-corrected chi connectivity index (χ0v) is 16.9. The minimum Gasteiger partial charge on any atom is -0.465 e. The van der Waals surface area contributed by atoms with Crippen molar-refractivity contribution in [1.82, 2.24) is 9.88 Å². The quantitative estimate of drug-likeness (QED) is 0.776. The summed E-state index contributed by atoms with van der Waals surface area (Å²) in [5.74, 6) is 1.16. The molecule has 1 aliphatic heterocycles. The average molecular weight is 441 g/mol. The van der Waals surface area contributed by atoms with Crippen molar-refractivity contribution in [1.29, 1.82) is 0 Å². The van der Waals surface area contributed by atoms with E-state index in [9.17, 15) is 9.59 Å².